The Balaban J connectivity index is 2.05. The zero-order chi connectivity index (χ0) is 13.8. The molecule has 2 rings (SSSR count). The first-order chi connectivity index (χ1) is 9.10. The Kier molecular flexibility index (Phi) is 4.66. The van der Waals surface area contributed by atoms with Gasteiger partial charge in [-0.15, -0.1) is 0 Å². The summed E-state index contributed by atoms with van der Waals surface area (Å²) in [4.78, 5) is 11.0. The highest BCUT2D eigenvalue weighted by molar-refractivity contribution is 6.34. The quantitative estimate of drug-likeness (QED) is 0.795. The molecular weight excluding hydrogens is 262 g/mol. The number of benzene rings is 1. The van der Waals surface area contributed by atoms with Crippen LogP contribution >= 0.6 is 11.6 Å². The molecule has 1 saturated carbocycles. The first-order valence-electron chi connectivity index (χ1n) is 6.64. The van der Waals surface area contributed by atoms with E-state index in [1.165, 1.54) is 19.8 Å². The van der Waals surface area contributed by atoms with Crippen LogP contribution in [-0.4, -0.2) is 18.5 Å². The number of carbonyl (C=O) groups excluding carboxylic acids is 1. The number of anilines is 2. The Bertz CT molecular complexity index is 464. The first-order valence-corrected chi connectivity index (χ1v) is 7.01. The molecular formula is C14H20ClN3O. The number of carbonyl (C=O) groups is 1. The number of amides is 1. The molecule has 4 N–H and O–H groups in total. The smallest absolute Gasteiger partial charge is 0.221 e. The van der Waals surface area contributed by atoms with E-state index in [9.17, 15) is 4.79 Å². The van der Waals surface area contributed by atoms with E-state index in [-0.39, 0.29) is 5.91 Å². The molecule has 1 amide bonds. The Morgan fingerprint density at radius 3 is 2.89 bits per heavy atom. The SMILES string of the molecule is CC(=O)Nc1ccc(NC2CCCC2CN)cc1Cl. The highest BCUT2D eigenvalue weighted by atomic mass is 35.5. The highest BCUT2D eigenvalue weighted by Gasteiger charge is 2.25. The van der Waals surface area contributed by atoms with Crippen LogP contribution in [0.15, 0.2) is 18.2 Å². The molecule has 0 radical (unpaired) electrons. The summed E-state index contributed by atoms with van der Waals surface area (Å²) in [7, 11) is 0. The van der Waals surface area contributed by atoms with Crippen LogP contribution in [0.25, 0.3) is 0 Å². The monoisotopic (exact) mass is 281 g/mol. The zero-order valence-corrected chi connectivity index (χ0v) is 11.8. The maximum atomic E-state index is 11.0. The van der Waals surface area contributed by atoms with Crippen LogP contribution < -0.4 is 16.4 Å². The predicted molar refractivity (Wildman–Crippen MR) is 79.6 cm³/mol. The molecule has 0 spiro atoms. The molecule has 0 bridgehead atoms. The summed E-state index contributed by atoms with van der Waals surface area (Å²) in [6.45, 7) is 2.18. The molecule has 1 aliphatic rings. The third-order valence-electron chi connectivity index (χ3n) is 3.59. The lowest BCUT2D eigenvalue weighted by molar-refractivity contribution is -0.114. The third kappa shape index (κ3) is 3.61. The molecule has 4 nitrogen and oxygen atoms in total. The average molecular weight is 282 g/mol. The van der Waals surface area contributed by atoms with Crippen LogP contribution in [0.1, 0.15) is 26.2 Å². The van der Waals surface area contributed by atoms with Crippen LogP contribution in [-0.2, 0) is 4.79 Å². The van der Waals surface area contributed by atoms with Crippen LogP contribution in [0.4, 0.5) is 11.4 Å². The fraction of sp³-hybridized carbons (Fsp3) is 0.500. The molecule has 0 aromatic heterocycles. The molecule has 0 heterocycles. The predicted octanol–water partition coefficient (Wildman–Crippen LogP) is 2.84. The van der Waals surface area contributed by atoms with Gasteiger partial charge in [-0.25, -0.2) is 0 Å². The lowest BCUT2D eigenvalue weighted by Crippen LogP contribution is -2.29. The molecule has 19 heavy (non-hydrogen) atoms. The molecule has 1 fully saturated rings. The van der Waals surface area contributed by atoms with E-state index in [4.69, 9.17) is 17.3 Å². The van der Waals surface area contributed by atoms with Crippen molar-refractivity contribution in [2.24, 2.45) is 11.7 Å². The second-order valence-electron chi connectivity index (χ2n) is 5.05. The maximum Gasteiger partial charge on any atom is 0.221 e. The van der Waals surface area contributed by atoms with E-state index in [1.807, 2.05) is 18.2 Å². The van der Waals surface area contributed by atoms with E-state index in [0.717, 1.165) is 18.7 Å². The van der Waals surface area contributed by atoms with Gasteiger partial charge in [0.2, 0.25) is 5.91 Å². The molecule has 104 valence electrons. The van der Waals surface area contributed by atoms with Crippen molar-refractivity contribution in [3.05, 3.63) is 23.2 Å². The van der Waals surface area contributed by atoms with Crippen molar-refractivity contribution in [2.45, 2.75) is 32.2 Å². The Labute approximate surface area is 118 Å². The van der Waals surface area contributed by atoms with Gasteiger partial charge in [0.15, 0.2) is 0 Å². The van der Waals surface area contributed by atoms with Gasteiger partial charge in [-0.3, -0.25) is 4.79 Å². The molecule has 0 aliphatic heterocycles. The molecule has 5 heteroatoms. The number of nitrogens with two attached hydrogens (primary N) is 1. The number of rotatable bonds is 4. The Morgan fingerprint density at radius 1 is 1.47 bits per heavy atom. The van der Waals surface area contributed by atoms with Crippen molar-refractivity contribution in [1.82, 2.24) is 0 Å². The second kappa shape index (κ2) is 6.26. The largest absolute Gasteiger partial charge is 0.382 e. The van der Waals surface area contributed by atoms with Gasteiger partial charge >= 0.3 is 0 Å². The Hall–Kier alpha value is -1.26. The molecule has 1 aromatic carbocycles. The van der Waals surface area contributed by atoms with Gasteiger partial charge in [0, 0.05) is 18.7 Å². The fourth-order valence-electron chi connectivity index (χ4n) is 2.62. The van der Waals surface area contributed by atoms with Crippen molar-refractivity contribution in [3.63, 3.8) is 0 Å². The summed E-state index contributed by atoms with van der Waals surface area (Å²) in [5, 5.41) is 6.73. The van der Waals surface area contributed by atoms with Crippen molar-refractivity contribution in [2.75, 3.05) is 17.2 Å². The van der Waals surface area contributed by atoms with Gasteiger partial charge in [-0.05, 0) is 43.5 Å². The van der Waals surface area contributed by atoms with Gasteiger partial charge in [0.05, 0.1) is 10.7 Å². The van der Waals surface area contributed by atoms with E-state index in [1.54, 1.807) is 0 Å². The third-order valence-corrected chi connectivity index (χ3v) is 3.91. The van der Waals surface area contributed by atoms with Gasteiger partial charge < -0.3 is 16.4 Å². The molecule has 2 atom stereocenters. The van der Waals surface area contributed by atoms with E-state index < -0.39 is 0 Å². The molecule has 1 aliphatic carbocycles. The van der Waals surface area contributed by atoms with E-state index >= 15 is 0 Å². The first kappa shape index (κ1) is 14.2. The van der Waals surface area contributed by atoms with Crippen molar-refractivity contribution in [1.29, 1.82) is 0 Å². The molecule has 1 aromatic rings. The summed E-state index contributed by atoms with van der Waals surface area (Å²) >= 11 is 6.15. The average Bonchev–Trinajstić information content (AvgIpc) is 2.79. The number of nitrogens with one attached hydrogen (secondary N) is 2. The summed E-state index contributed by atoms with van der Waals surface area (Å²) in [6, 6.07) is 6.02. The van der Waals surface area contributed by atoms with E-state index in [0.29, 0.717) is 22.7 Å². The number of hydrogen-bond donors (Lipinski definition) is 3. The summed E-state index contributed by atoms with van der Waals surface area (Å²) in [5.74, 6) is 0.412. The minimum absolute atomic E-state index is 0.124. The number of halogens is 1. The minimum Gasteiger partial charge on any atom is -0.382 e. The normalized spacial score (nSPS) is 22.3. The van der Waals surface area contributed by atoms with Gasteiger partial charge in [-0.2, -0.15) is 0 Å². The summed E-state index contributed by atoms with van der Waals surface area (Å²) in [5.41, 5.74) is 7.39. The second-order valence-corrected chi connectivity index (χ2v) is 5.46. The van der Waals surface area contributed by atoms with Crippen LogP contribution in [0.2, 0.25) is 5.02 Å². The van der Waals surface area contributed by atoms with Crippen LogP contribution in [0.3, 0.4) is 0 Å². The van der Waals surface area contributed by atoms with Gasteiger partial charge in [0.1, 0.15) is 0 Å². The lowest BCUT2D eigenvalue weighted by atomic mass is 10.0. The summed E-state index contributed by atoms with van der Waals surface area (Å²) < 4.78 is 0. The van der Waals surface area contributed by atoms with E-state index in [2.05, 4.69) is 10.6 Å². The molecule has 0 saturated heterocycles. The lowest BCUT2D eigenvalue weighted by Gasteiger charge is -2.21. The molecule has 2 unspecified atom stereocenters. The van der Waals surface area contributed by atoms with Crippen molar-refractivity contribution >= 4 is 28.9 Å². The number of hydrogen-bond acceptors (Lipinski definition) is 3. The maximum absolute atomic E-state index is 11.0. The van der Waals surface area contributed by atoms with Crippen molar-refractivity contribution in [3.8, 4) is 0 Å². The highest BCUT2D eigenvalue weighted by Crippen LogP contribution is 2.30. The van der Waals surface area contributed by atoms with Crippen LogP contribution in [0, 0.1) is 5.92 Å². The zero-order valence-electron chi connectivity index (χ0n) is 11.1. The standard InChI is InChI=1S/C14H20ClN3O/c1-9(19)17-14-6-5-11(7-12(14)15)18-13-4-2-3-10(13)8-16/h5-7,10,13,18H,2-4,8,16H2,1H3,(H,17,19). The summed E-state index contributed by atoms with van der Waals surface area (Å²) in [6.07, 6.45) is 3.55. The topological polar surface area (TPSA) is 67.2 Å². The van der Waals surface area contributed by atoms with Gasteiger partial charge in [0.25, 0.3) is 0 Å². The van der Waals surface area contributed by atoms with Gasteiger partial charge in [-0.1, -0.05) is 18.0 Å². The Morgan fingerprint density at radius 2 is 2.26 bits per heavy atom. The minimum atomic E-state index is -0.124. The fourth-order valence-corrected chi connectivity index (χ4v) is 2.85. The van der Waals surface area contributed by atoms with Crippen LogP contribution in [0.5, 0.6) is 0 Å². The van der Waals surface area contributed by atoms with Crippen molar-refractivity contribution < 1.29 is 4.79 Å².